The second-order valence-electron chi connectivity index (χ2n) is 12.0. The number of phenolic OH excluding ortho intramolecular Hbond substituents is 1. The van der Waals surface area contributed by atoms with E-state index in [1.165, 1.54) is 50.6 Å². The maximum absolute atomic E-state index is 12.4. The molecule has 0 aliphatic rings. The molecule has 1 amide bonds. The largest absolute Gasteiger partial charge is 3.00 e. The van der Waals surface area contributed by atoms with Crippen LogP contribution < -0.4 is 55.3 Å². The second kappa shape index (κ2) is 20.5. The van der Waals surface area contributed by atoms with Gasteiger partial charge in [0.25, 0.3) is 0 Å². The van der Waals surface area contributed by atoms with Crippen LogP contribution in [0.2, 0.25) is 0 Å². The number of hydrogen-bond donors (Lipinski definition) is 2. The van der Waals surface area contributed by atoms with Gasteiger partial charge in [-0.25, -0.2) is 26.6 Å². The number of phenols is 1. The van der Waals surface area contributed by atoms with Crippen molar-refractivity contribution >= 4 is 87.5 Å². The number of ether oxygens (including phenoxy) is 2. The summed E-state index contributed by atoms with van der Waals surface area (Å²) in [6.07, 6.45) is 0.426. The fourth-order valence-corrected chi connectivity index (χ4v) is 6.48. The van der Waals surface area contributed by atoms with Gasteiger partial charge in [-0.2, -0.15) is 15.3 Å². The number of amides is 1. The summed E-state index contributed by atoms with van der Waals surface area (Å²) in [5.74, 6) is -1.85. The standard InChI is InChI=1S/2C19H17N3O6S.Cr.Na/c2*1-28-19(25)20-13-5-3-4-11-6-8-16(24)18(17(11)13)22-21-14-10-12(29(2,26)27)7-9-15(14)23;;/h2*3-10,23-24H,1-2H3,(H,20,25);;/q;;+3;+1/p-4. The zero-order chi connectivity index (χ0) is 42.4. The van der Waals surface area contributed by atoms with Gasteiger partial charge < -0.3 is 35.0 Å². The minimum Gasteiger partial charge on any atom is -0.871 e. The van der Waals surface area contributed by atoms with Crippen molar-refractivity contribution in [2.24, 2.45) is 25.4 Å². The third kappa shape index (κ3) is 11.7. The number of aromatic hydroxyl groups is 1. The molecule has 1 radical (unpaired) electrons. The Balaban J connectivity index is 0.000000310. The number of anilines is 1. The van der Waals surface area contributed by atoms with Gasteiger partial charge in [-0.3, -0.25) is 5.32 Å². The fraction of sp³-hybridized carbons (Fsp3) is 0.105. The average molecular weight is 902 g/mol. The van der Waals surface area contributed by atoms with Crippen molar-refractivity contribution in [1.82, 2.24) is 0 Å². The summed E-state index contributed by atoms with van der Waals surface area (Å²) in [6.45, 7) is 0. The molecule has 0 spiro atoms. The predicted octanol–water partition coefficient (Wildman–Crippen LogP) is 2.42. The average Bonchev–Trinajstić information content (AvgIpc) is 3.17. The van der Waals surface area contributed by atoms with Crippen LogP contribution >= 0.6 is 0 Å². The molecule has 0 aliphatic carbocycles. The molecule has 0 fully saturated rings. The maximum Gasteiger partial charge on any atom is 3.00 e. The Kier molecular flexibility index (Phi) is 16.6. The number of carbonyl (C=O) groups excluding carboxylic acids is 1. The van der Waals surface area contributed by atoms with Crippen molar-refractivity contribution in [1.29, 1.82) is 0 Å². The molecule has 0 atom stereocenters. The number of azo groups is 2. The molecule has 0 aromatic heterocycles. The van der Waals surface area contributed by atoms with E-state index in [4.69, 9.17) is 0 Å². The van der Waals surface area contributed by atoms with Crippen molar-refractivity contribution in [2.75, 3.05) is 32.0 Å². The zero-order valence-corrected chi connectivity index (χ0v) is 37.0. The predicted molar refractivity (Wildman–Crippen MR) is 205 cm³/mol. The van der Waals surface area contributed by atoms with Gasteiger partial charge in [0.1, 0.15) is 11.4 Å². The van der Waals surface area contributed by atoms with Gasteiger partial charge in [-0.05, 0) is 60.3 Å². The summed E-state index contributed by atoms with van der Waals surface area (Å²) in [7, 11) is -4.72. The molecule has 0 bridgehead atoms. The monoisotopic (exact) mass is 901 g/mol. The molecule has 6 aromatic rings. The van der Waals surface area contributed by atoms with Crippen molar-refractivity contribution in [3.05, 3.63) is 97.1 Å². The fourth-order valence-electron chi connectivity index (χ4n) is 5.19. The normalized spacial score (nSPS) is 11.7. The van der Waals surface area contributed by atoms with Gasteiger partial charge in [-0.15, -0.1) is 5.11 Å². The molecule has 0 unspecified atom stereocenters. The van der Waals surface area contributed by atoms with E-state index in [2.05, 4.69) is 40.2 Å². The molecule has 303 valence electrons. The van der Waals surface area contributed by atoms with Crippen molar-refractivity contribution < 1.29 is 104 Å². The second-order valence-corrected chi connectivity index (χ2v) is 16.1. The van der Waals surface area contributed by atoms with Crippen molar-refractivity contribution in [3.63, 3.8) is 0 Å². The molecule has 22 heteroatoms. The summed E-state index contributed by atoms with van der Waals surface area (Å²) in [6, 6.07) is 22.3. The van der Waals surface area contributed by atoms with Crippen LogP contribution in [0.1, 0.15) is 0 Å². The number of nitrogens with zero attached hydrogens (tertiary/aromatic N) is 5. The van der Waals surface area contributed by atoms with Gasteiger partial charge in [0.05, 0.1) is 45.3 Å². The summed E-state index contributed by atoms with van der Waals surface area (Å²) in [5, 5.41) is 78.1. The summed E-state index contributed by atoms with van der Waals surface area (Å²) >= 11 is 0. The van der Waals surface area contributed by atoms with Crippen molar-refractivity contribution in [3.8, 4) is 23.0 Å². The Hall–Kier alpha value is -5.79. The van der Waals surface area contributed by atoms with Crippen molar-refractivity contribution in [2.45, 2.75) is 9.79 Å². The molecular weight excluding hydrogens is 872 g/mol. The minimum absolute atomic E-state index is 0. The Labute approximate surface area is 375 Å². The smallest absolute Gasteiger partial charge is 0.871 e. The third-order valence-electron chi connectivity index (χ3n) is 8.00. The Morgan fingerprint density at radius 3 is 1.67 bits per heavy atom. The number of fused-ring (bicyclic) bond motifs is 2. The number of aliphatic imine (C=N–C) groups is 1. The molecule has 0 saturated heterocycles. The molecule has 6 aromatic carbocycles. The SMILES string of the molecule is COC(=O)Nc1cccc2ccc(O)c(N=Nc3cc(S(C)(=O)=O)ccc3[O-])c12.COC([O-])=Nc1cccc2ccc([O-])c(N=Nc3cc(S(C)(=O)=O)ccc3[O-])c12.[Cr+3].[Na+]. The van der Waals surface area contributed by atoms with E-state index in [0.717, 1.165) is 36.8 Å². The van der Waals surface area contributed by atoms with Crippen LogP contribution in [0.15, 0.2) is 132 Å². The number of carbonyl (C=O) groups is 1. The van der Waals surface area contributed by atoms with Crippen LogP contribution in [0.25, 0.3) is 21.5 Å². The first-order chi connectivity index (χ1) is 27.4. The van der Waals surface area contributed by atoms with E-state index >= 15 is 0 Å². The number of sulfone groups is 2. The van der Waals surface area contributed by atoms with Crippen LogP contribution in [-0.4, -0.2) is 60.9 Å². The minimum atomic E-state index is -3.56. The maximum atomic E-state index is 12.4. The number of rotatable bonds is 8. The molecular formula is C38H30CrN6NaO12S2. The van der Waals surface area contributed by atoms with Crippen LogP contribution in [0, 0.1) is 0 Å². The molecule has 6 rings (SSSR count). The van der Waals surface area contributed by atoms with Crippen LogP contribution in [0.5, 0.6) is 23.0 Å². The molecule has 2 N–H and O–H groups in total. The number of hydrogen-bond acceptors (Lipinski definition) is 17. The molecule has 18 nitrogen and oxygen atoms in total. The molecule has 60 heavy (non-hydrogen) atoms. The topological polar surface area (TPSA) is 290 Å². The zero-order valence-electron chi connectivity index (χ0n) is 32.1. The number of methoxy groups -OCH3 is 2. The summed E-state index contributed by atoms with van der Waals surface area (Å²) < 4.78 is 55.9. The van der Waals surface area contributed by atoms with Crippen LogP contribution in [0.4, 0.5) is 38.9 Å². The summed E-state index contributed by atoms with van der Waals surface area (Å²) in [5.41, 5.74) is -0.136. The molecule has 0 saturated carbocycles. The van der Waals surface area contributed by atoms with E-state index in [9.17, 15) is 47.2 Å². The van der Waals surface area contributed by atoms with Crippen LogP contribution in [-0.2, 0) is 46.5 Å². The first-order valence-corrected chi connectivity index (χ1v) is 20.2. The first-order valence-electron chi connectivity index (χ1n) is 16.4. The van der Waals surface area contributed by atoms with Gasteiger partial charge in [0.15, 0.2) is 25.8 Å². The molecule has 0 heterocycles. The third-order valence-corrected chi connectivity index (χ3v) is 10.2. The number of benzene rings is 6. The van der Waals surface area contributed by atoms with E-state index in [1.807, 2.05) is 0 Å². The Morgan fingerprint density at radius 1 is 0.633 bits per heavy atom. The van der Waals surface area contributed by atoms with Gasteiger partial charge in [-0.1, -0.05) is 71.8 Å². The Bertz CT molecular complexity index is 2900. The van der Waals surface area contributed by atoms with E-state index in [1.54, 1.807) is 36.4 Å². The Morgan fingerprint density at radius 2 is 1.13 bits per heavy atom. The molecule has 0 aliphatic heterocycles. The van der Waals surface area contributed by atoms with Gasteiger partial charge in [0.2, 0.25) is 0 Å². The van der Waals surface area contributed by atoms with Gasteiger partial charge >= 0.3 is 53.0 Å². The van der Waals surface area contributed by atoms with E-state index in [0.29, 0.717) is 21.8 Å². The van der Waals surface area contributed by atoms with Crippen LogP contribution in [0.3, 0.4) is 0 Å². The first kappa shape index (κ1) is 48.6. The van der Waals surface area contributed by atoms with Gasteiger partial charge in [0, 0.05) is 23.3 Å². The quantitative estimate of drug-likeness (QED) is 0.0964. The van der Waals surface area contributed by atoms with E-state index < -0.39 is 49.1 Å². The van der Waals surface area contributed by atoms with E-state index in [-0.39, 0.29) is 96.3 Å². The summed E-state index contributed by atoms with van der Waals surface area (Å²) in [4.78, 5) is 15.2. The number of nitrogens with one attached hydrogen (secondary N) is 1.